The first-order valence-electron chi connectivity index (χ1n) is 9.99. The van der Waals surface area contributed by atoms with Crippen molar-refractivity contribution in [2.75, 3.05) is 19.0 Å². The fraction of sp³-hybridized carbons (Fsp3) is 0.364. The third-order valence-electron chi connectivity index (χ3n) is 4.85. The second-order valence-electron chi connectivity index (χ2n) is 8.63. The van der Waals surface area contributed by atoms with Crippen molar-refractivity contribution >= 4 is 59.0 Å². The number of nitrogens with one attached hydrogen (secondary N) is 2. The highest BCUT2D eigenvalue weighted by molar-refractivity contribution is 14.1. The number of nitrogens with zero attached hydrogens (tertiary/aromatic N) is 1. The van der Waals surface area contributed by atoms with Crippen LogP contribution in [0, 0.1) is 16.3 Å². The number of esters is 1. The van der Waals surface area contributed by atoms with Gasteiger partial charge >= 0.3 is 5.97 Å². The van der Waals surface area contributed by atoms with Crippen LogP contribution in [0.2, 0.25) is 25.7 Å². The molecule has 0 saturated carbocycles. The zero-order valence-electron chi connectivity index (χ0n) is 18.4. The molecule has 0 bridgehead atoms. The molecule has 9 heteroatoms. The second-order valence-corrected chi connectivity index (χ2v) is 15.5. The van der Waals surface area contributed by atoms with Crippen molar-refractivity contribution in [1.82, 2.24) is 9.97 Å². The molecule has 2 aromatic carbocycles. The normalized spacial score (nSPS) is 11.7. The number of rotatable bonds is 8. The fourth-order valence-corrected chi connectivity index (χ4v) is 4.48. The van der Waals surface area contributed by atoms with E-state index in [4.69, 9.17) is 9.47 Å². The maximum atomic E-state index is 15.5. The monoisotopic (exact) mass is 555 g/mol. The Kier molecular flexibility index (Phi) is 7.38. The molecule has 0 fully saturated rings. The second kappa shape index (κ2) is 9.66. The van der Waals surface area contributed by atoms with Crippen LogP contribution in [0.4, 0.5) is 15.8 Å². The summed E-state index contributed by atoms with van der Waals surface area (Å²) in [4.78, 5) is 19.8. The molecule has 1 aromatic heterocycles. The minimum absolute atomic E-state index is 0.0429. The van der Waals surface area contributed by atoms with Crippen LogP contribution in [0.3, 0.4) is 0 Å². The van der Waals surface area contributed by atoms with Crippen molar-refractivity contribution in [3.63, 3.8) is 0 Å². The molecule has 6 nitrogen and oxygen atoms in total. The van der Waals surface area contributed by atoms with E-state index in [-0.39, 0.29) is 23.4 Å². The first-order valence-corrected chi connectivity index (χ1v) is 14.8. The van der Waals surface area contributed by atoms with E-state index < -0.39 is 19.9 Å². The number of carbonyl (C=O) groups is 1. The molecule has 0 atom stereocenters. The first kappa shape index (κ1) is 23.7. The van der Waals surface area contributed by atoms with Crippen LogP contribution in [-0.2, 0) is 16.1 Å². The predicted molar refractivity (Wildman–Crippen MR) is 132 cm³/mol. The van der Waals surface area contributed by atoms with E-state index in [1.165, 1.54) is 7.11 Å². The molecule has 2 N–H and O–H groups in total. The summed E-state index contributed by atoms with van der Waals surface area (Å²) in [5.41, 5.74) is 2.35. The van der Waals surface area contributed by atoms with Crippen molar-refractivity contribution in [2.45, 2.75) is 39.2 Å². The number of fused-ring (bicyclic) bond motifs is 1. The van der Waals surface area contributed by atoms with Gasteiger partial charge in [-0.3, -0.25) is 0 Å². The molecular formula is C22H27FIN3O3Si. The van der Waals surface area contributed by atoms with Crippen molar-refractivity contribution in [1.29, 1.82) is 0 Å². The van der Waals surface area contributed by atoms with Crippen molar-refractivity contribution in [3.8, 4) is 0 Å². The number of ether oxygens (including phenoxy) is 2. The summed E-state index contributed by atoms with van der Waals surface area (Å²) in [6.45, 7) is 9.66. The number of halogens is 2. The summed E-state index contributed by atoms with van der Waals surface area (Å²) in [5.74, 6) is -0.725. The summed E-state index contributed by atoms with van der Waals surface area (Å²) in [6, 6.07) is 8.34. The molecule has 0 saturated heterocycles. The van der Waals surface area contributed by atoms with Gasteiger partial charge < -0.3 is 19.8 Å². The first-order chi connectivity index (χ1) is 14.6. The predicted octanol–water partition coefficient (Wildman–Crippen LogP) is 6.00. The summed E-state index contributed by atoms with van der Waals surface area (Å²) in [5, 5.41) is 3.06. The minimum atomic E-state index is -1.19. The Morgan fingerprint density at radius 3 is 2.68 bits per heavy atom. The van der Waals surface area contributed by atoms with Crippen LogP contribution in [0.1, 0.15) is 21.7 Å². The number of methoxy groups -OCH3 is 1. The number of benzene rings is 2. The SMILES string of the molecule is COC(=O)c1cc2[nH]c(COCC[Si](C)(C)C)nc2c(F)c1Nc1ccc(I)cc1C. The molecule has 0 aliphatic heterocycles. The Bertz CT molecular complexity index is 1110. The van der Waals surface area contributed by atoms with Gasteiger partial charge in [0.1, 0.15) is 17.9 Å². The van der Waals surface area contributed by atoms with E-state index in [1.54, 1.807) is 6.07 Å². The number of H-pyrrole nitrogens is 1. The van der Waals surface area contributed by atoms with Gasteiger partial charge in [0.05, 0.1) is 23.9 Å². The fourth-order valence-electron chi connectivity index (χ4n) is 3.07. The van der Waals surface area contributed by atoms with Crippen LogP contribution >= 0.6 is 22.6 Å². The molecule has 0 amide bonds. The molecule has 0 aliphatic carbocycles. The van der Waals surface area contributed by atoms with Gasteiger partial charge in [-0.2, -0.15) is 0 Å². The molecule has 3 aromatic rings. The van der Waals surface area contributed by atoms with E-state index >= 15 is 4.39 Å². The number of aromatic nitrogens is 2. The lowest BCUT2D eigenvalue weighted by atomic mass is 10.1. The number of anilines is 2. The van der Waals surface area contributed by atoms with E-state index in [0.717, 1.165) is 15.2 Å². The van der Waals surface area contributed by atoms with Gasteiger partial charge in [0.2, 0.25) is 0 Å². The van der Waals surface area contributed by atoms with Gasteiger partial charge in [-0.05, 0) is 65.4 Å². The average Bonchev–Trinajstić information content (AvgIpc) is 3.11. The number of hydrogen-bond donors (Lipinski definition) is 2. The molecule has 0 radical (unpaired) electrons. The number of aryl methyl sites for hydroxylation is 1. The van der Waals surface area contributed by atoms with Gasteiger partial charge in [0, 0.05) is 23.9 Å². The van der Waals surface area contributed by atoms with Crippen LogP contribution in [-0.4, -0.2) is 37.7 Å². The molecule has 1 heterocycles. The quantitative estimate of drug-likeness (QED) is 0.154. The molecule has 0 aliphatic rings. The Morgan fingerprint density at radius 1 is 1.29 bits per heavy atom. The highest BCUT2D eigenvalue weighted by atomic mass is 127. The zero-order chi connectivity index (χ0) is 22.8. The van der Waals surface area contributed by atoms with Crippen LogP contribution in [0.5, 0.6) is 0 Å². The Labute approximate surface area is 196 Å². The number of aromatic amines is 1. The van der Waals surface area contributed by atoms with Crippen molar-refractivity contribution < 1.29 is 18.7 Å². The highest BCUT2D eigenvalue weighted by Gasteiger charge is 2.22. The van der Waals surface area contributed by atoms with Gasteiger partial charge in [0.25, 0.3) is 0 Å². The molecule has 31 heavy (non-hydrogen) atoms. The minimum Gasteiger partial charge on any atom is -0.465 e. The van der Waals surface area contributed by atoms with Crippen LogP contribution < -0.4 is 5.32 Å². The summed E-state index contributed by atoms with van der Waals surface area (Å²) in [6.07, 6.45) is 0. The van der Waals surface area contributed by atoms with Crippen LogP contribution in [0.25, 0.3) is 11.0 Å². The number of hydrogen-bond acceptors (Lipinski definition) is 5. The largest absolute Gasteiger partial charge is 0.465 e. The smallest absolute Gasteiger partial charge is 0.340 e. The zero-order valence-corrected chi connectivity index (χ0v) is 21.5. The van der Waals surface area contributed by atoms with Crippen LogP contribution in [0.15, 0.2) is 24.3 Å². The maximum absolute atomic E-state index is 15.5. The lowest BCUT2D eigenvalue weighted by molar-refractivity contribution is 0.0601. The average molecular weight is 555 g/mol. The van der Waals surface area contributed by atoms with Gasteiger partial charge in [-0.1, -0.05) is 19.6 Å². The molecule has 166 valence electrons. The third kappa shape index (κ3) is 5.83. The standard InChI is InChI=1S/C22H27FIN3O3Si/c1-13-10-14(24)6-7-16(13)26-20-15(22(28)29-2)11-17-21(19(20)23)27-18(25-17)12-30-8-9-31(3,4)5/h6-7,10-11,26H,8-9,12H2,1-5H3,(H,25,27). The summed E-state index contributed by atoms with van der Waals surface area (Å²) < 4.78 is 27.2. The lowest BCUT2D eigenvalue weighted by Gasteiger charge is -2.14. The molecular weight excluding hydrogens is 528 g/mol. The summed E-state index contributed by atoms with van der Waals surface area (Å²) in [7, 11) is 0.0838. The van der Waals surface area contributed by atoms with E-state index in [1.807, 2.05) is 25.1 Å². The van der Waals surface area contributed by atoms with Crippen molar-refractivity contribution in [2.24, 2.45) is 0 Å². The number of imidazole rings is 1. The highest BCUT2D eigenvalue weighted by Crippen LogP contribution is 2.32. The van der Waals surface area contributed by atoms with E-state index in [2.05, 4.69) is 57.5 Å². The molecule has 0 spiro atoms. The van der Waals surface area contributed by atoms with E-state index in [9.17, 15) is 4.79 Å². The van der Waals surface area contributed by atoms with E-state index in [0.29, 0.717) is 23.6 Å². The maximum Gasteiger partial charge on any atom is 0.340 e. The lowest BCUT2D eigenvalue weighted by Crippen LogP contribution is -2.21. The van der Waals surface area contributed by atoms with Gasteiger partial charge in [0.15, 0.2) is 5.82 Å². The third-order valence-corrected chi connectivity index (χ3v) is 7.23. The summed E-state index contributed by atoms with van der Waals surface area (Å²) >= 11 is 2.22. The Morgan fingerprint density at radius 2 is 2.03 bits per heavy atom. The topological polar surface area (TPSA) is 76.2 Å². The molecule has 3 rings (SSSR count). The Hall–Kier alpha value is -1.98. The number of carbonyl (C=O) groups excluding carboxylic acids is 1. The van der Waals surface area contributed by atoms with Gasteiger partial charge in [-0.15, -0.1) is 0 Å². The molecule has 0 unspecified atom stereocenters. The van der Waals surface area contributed by atoms with Crippen molar-refractivity contribution in [3.05, 3.63) is 50.6 Å². The van der Waals surface area contributed by atoms with Gasteiger partial charge in [-0.25, -0.2) is 14.2 Å². The Balaban J connectivity index is 1.94.